The number of rotatable bonds is 4. The Kier molecular flexibility index (Phi) is 6.24. The molecule has 3 nitrogen and oxygen atoms in total. The molecule has 0 fully saturated rings. The number of hydrogen-bond donors (Lipinski definition) is 1. The first kappa shape index (κ1) is 17.7. The Morgan fingerprint density at radius 1 is 1.05 bits per heavy atom. The van der Waals surface area contributed by atoms with Gasteiger partial charge in [-0.05, 0) is 46.3 Å². The average molecular weight is 444 g/mol. The van der Waals surface area contributed by atoms with Gasteiger partial charge in [-0.3, -0.25) is 4.79 Å². The van der Waals surface area contributed by atoms with Crippen LogP contribution in [-0.2, 0) is 4.79 Å². The highest BCUT2D eigenvalue weighted by Crippen LogP contribution is 2.36. The van der Waals surface area contributed by atoms with E-state index < -0.39 is 0 Å². The number of halogens is 5. The Balaban J connectivity index is 2.00. The molecule has 116 valence electrons. The molecule has 2 aromatic rings. The van der Waals surface area contributed by atoms with E-state index in [1.165, 1.54) is 6.07 Å². The second kappa shape index (κ2) is 7.75. The molecule has 0 aliphatic heterocycles. The van der Waals surface area contributed by atoms with E-state index in [1.807, 2.05) is 0 Å². The maximum atomic E-state index is 11.9. The van der Waals surface area contributed by atoms with Crippen LogP contribution in [0, 0.1) is 0 Å². The molecule has 1 amide bonds. The van der Waals surface area contributed by atoms with Crippen LogP contribution in [0.5, 0.6) is 5.75 Å². The van der Waals surface area contributed by atoms with E-state index >= 15 is 0 Å². The molecule has 0 atom stereocenters. The van der Waals surface area contributed by atoms with Crippen molar-refractivity contribution in [1.29, 1.82) is 0 Å². The van der Waals surface area contributed by atoms with Crippen molar-refractivity contribution in [2.24, 2.45) is 0 Å². The second-order valence-electron chi connectivity index (χ2n) is 4.16. The summed E-state index contributed by atoms with van der Waals surface area (Å²) in [7, 11) is 0. The van der Waals surface area contributed by atoms with Crippen LogP contribution in [0.2, 0.25) is 20.1 Å². The molecular weight excluding hydrogens is 436 g/mol. The minimum atomic E-state index is -0.365. The molecule has 8 heteroatoms. The minimum absolute atomic E-state index is 0.222. The molecule has 0 heterocycles. The maximum Gasteiger partial charge on any atom is 0.262 e. The molecule has 2 aromatic carbocycles. The van der Waals surface area contributed by atoms with Crippen molar-refractivity contribution >= 4 is 73.9 Å². The topological polar surface area (TPSA) is 38.3 Å². The third kappa shape index (κ3) is 4.67. The van der Waals surface area contributed by atoms with Crippen LogP contribution >= 0.6 is 62.3 Å². The van der Waals surface area contributed by atoms with Gasteiger partial charge in [0.05, 0.1) is 19.5 Å². The molecule has 0 radical (unpaired) electrons. The summed E-state index contributed by atoms with van der Waals surface area (Å²) in [5.41, 5.74) is 0.518. The SMILES string of the molecule is O=C(COc1c(Cl)cc(Cl)cc1Br)Nc1ccc(Cl)c(Cl)c1. The van der Waals surface area contributed by atoms with E-state index in [1.54, 1.807) is 24.3 Å². The number of ether oxygens (including phenoxy) is 1. The predicted octanol–water partition coefficient (Wildman–Crippen LogP) is 6.08. The Morgan fingerprint density at radius 3 is 2.41 bits per heavy atom. The van der Waals surface area contributed by atoms with Crippen LogP contribution in [-0.4, -0.2) is 12.5 Å². The van der Waals surface area contributed by atoms with Gasteiger partial charge in [0.1, 0.15) is 0 Å². The lowest BCUT2D eigenvalue weighted by Crippen LogP contribution is -2.20. The molecular formula is C14H8BrCl4NO2. The summed E-state index contributed by atoms with van der Waals surface area (Å²) in [5, 5.41) is 4.17. The first-order valence-corrected chi connectivity index (χ1v) is 8.19. The molecule has 1 N–H and O–H groups in total. The molecule has 22 heavy (non-hydrogen) atoms. The second-order valence-corrected chi connectivity index (χ2v) is 6.68. The van der Waals surface area contributed by atoms with E-state index in [2.05, 4.69) is 21.2 Å². The van der Waals surface area contributed by atoms with Gasteiger partial charge in [0.15, 0.2) is 12.4 Å². The summed E-state index contributed by atoms with van der Waals surface area (Å²) < 4.78 is 5.96. The standard InChI is InChI=1S/C14H8BrCl4NO2/c15-9-3-7(16)4-12(19)14(9)22-6-13(21)20-8-1-2-10(17)11(18)5-8/h1-5H,6H2,(H,20,21). The Bertz CT molecular complexity index is 701. The highest BCUT2D eigenvalue weighted by molar-refractivity contribution is 9.10. The largest absolute Gasteiger partial charge is 0.481 e. The van der Waals surface area contributed by atoms with Gasteiger partial charge < -0.3 is 10.1 Å². The highest BCUT2D eigenvalue weighted by Gasteiger charge is 2.11. The van der Waals surface area contributed by atoms with Gasteiger partial charge in [-0.25, -0.2) is 0 Å². The fourth-order valence-electron chi connectivity index (χ4n) is 1.58. The molecule has 0 spiro atoms. The summed E-state index contributed by atoms with van der Waals surface area (Å²) in [6.07, 6.45) is 0. The van der Waals surface area contributed by atoms with E-state index in [0.717, 1.165) is 0 Å². The van der Waals surface area contributed by atoms with Gasteiger partial charge in [-0.2, -0.15) is 0 Å². The zero-order valence-corrected chi connectivity index (χ0v) is 15.4. The van der Waals surface area contributed by atoms with Crippen molar-refractivity contribution in [3.8, 4) is 5.75 Å². The average Bonchev–Trinajstić information content (AvgIpc) is 2.41. The zero-order chi connectivity index (χ0) is 16.3. The van der Waals surface area contributed by atoms with Crippen molar-refractivity contribution in [3.05, 3.63) is 54.9 Å². The normalized spacial score (nSPS) is 10.4. The van der Waals surface area contributed by atoms with Crippen LogP contribution in [0.25, 0.3) is 0 Å². The van der Waals surface area contributed by atoms with Crippen molar-refractivity contribution in [1.82, 2.24) is 0 Å². The van der Waals surface area contributed by atoms with Crippen molar-refractivity contribution in [3.63, 3.8) is 0 Å². The summed E-state index contributed by atoms with van der Waals surface area (Å²) in [4.78, 5) is 11.9. The number of nitrogens with one attached hydrogen (secondary N) is 1. The fourth-order valence-corrected chi connectivity index (χ4v) is 3.24. The maximum absolute atomic E-state index is 11.9. The first-order valence-electron chi connectivity index (χ1n) is 5.89. The van der Waals surface area contributed by atoms with Crippen LogP contribution in [0.3, 0.4) is 0 Å². The van der Waals surface area contributed by atoms with Crippen molar-refractivity contribution < 1.29 is 9.53 Å². The van der Waals surface area contributed by atoms with E-state index in [9.17, 15) is 4.79 Å². The number of benzene rings is 2. The fraction of sp³-hybridized carbons (Fsp3) is 0.0714. The quantitative estimate of drug-likeness (QED) is 0.621. The number of hydrogen-bond acceptors (Lipinski definition) is 2. The third-order valence-corrected chi connectivity index (χ3v) is 4.34. The number of amides is 1. The molecule has 0 aliphatic carbocycles. The van der Waals surface area contributed by atoms with E-state index in [-0.39, 0.29) is 12.5 Å². The molecule has 0 aliphatic rings. The molecule has 0 bridgehead atoms. The summed E-state index contributed by atoms with van der Waals surface area (Å²) >= 11 is 26.8. The van der Waals surface area contributed by atoms with Gasteiger partial charge >= 0.3 is 0 Å². The lowest BCUT2D eigenvalue weighted by atomic mass is 10.3. The number of carbonyl (C=O) groups is 1. The van der Waals surface area contributed by atoms with Gasteiger partial charge in [-0.1, -0.05) is 46.4 Å². The molecule has 0 saturated heterocycles. The van der Waals surface area contributed by atoms with Crippen LogP contribution in [0.4, 0.5) is 5.69 Å². The predicted molar refractivity (Wildman–Crippen MR) is 94.7 cm³/mol. The van der Waals surface area contributed by atoms with Crippen molar-refractivity contribution in [2.45, 2.75) is 0 Å². The Labute approximate surface area is 155 Å². The minimum Gasteiger partial charge on any atom is -0.481 e. The molecule has 2 rings (SSSR count). The third-order valence-electron chi connectivity index (χ3n) is 2.51. The molecule has 0 unspecified atom stereocenters. The molecule has 0 aromatic heterocycles. The number of carbonyl (C=O) groups excluding carboxylic acids is 1. The lowest BCUT2D eigenvalue weighted by molar-refractivity contribution is -0.118. The van der Waals surface area contributed by atoms with Gasteiger partial charge in [0, 0.05) is 10.7 Å². The van der Waals surface area contributed by atoms with Gasteiger partial charge in [0.2, 0.25) is 0 Å². The highest BCUT2D eigenvalue weighted by atomic mass is 79.9. The van der Waals surface area contributed by atoms with E-state index in [0.29, 0.717) is 36.0 Å². The van der Waals surface area contributed by atoms with Gasteiger partial charge in [0.25, 0.3) is 5.91 Å². The summed E-state index contributed by atoms with van der Waals surface area (Å²) in [6, 6.07) is 7.93. The smallest absolute Gasteiger partial charge is 0.262 e. The van der Waals surface area contributed by atoms with Crippen LogP contribution in [0.15, 0.2) is 34.8 Å². The summed E-state index contributed by atoms with van der Waals surface area (Å²) in [5.74, 6) is -0.0216. The van der Waals surface area contributed by atoms with Crippen LogP contribution < -0.4 is 10.1 Å². The Hall–Kier alpha value is -0.650. The van der Waals surface area contributed by atoms with Crippen molar-refractivity contribution in [2.75, 3.05) is 11.9 Å². The Morgan fingerprint density at radius 2 is 1.77 bits per heavy atom. The lowest BCUT2D eigenvalue weighted by Gasteiger charge is -2.11. The molecule has 0 saturated carbocycles. The van der Waals surface area contributed by atoms with Crippen LogP contribution in [0.1, 0.15) is 0 Å². The number of anilines is 1. The monoisotopic (exact) mass is 441 g/mol. The van der Waals surface area contributed by atoms with Gasteiger partial charge in [-0.15, -0.1) is 0 Å². The summed E-state index contributed by atoms with van der Waals surface area (Å²) in [6.45, 7) is -0.222. The first-order chi connectivity index (χ1) is 10.4. The van der Waals surface area contributed by atoms with E-state index in [4.69, 9.17) is 51.1 Å². The zero-order valence-electron chi connectivity index (χ0n) is 10.8.